The van der Waals surface area contributed by atoms with Gasteiger partial charge in [0.25, 0.3) is 5.69 Å². The number of nitro groups is 1. The Bertz CT molecular complexity index is 532. The van der Waals surface area contributed by atoms with Crippen molar-refractivity contribution in [3.05, 3.63) is 22.2 Å². The molecule has 1 aliphatic heterocycles. The maximum atomic E-state index is 11.0. The van der Waals surface area contributed by atoms with E-state index in [0.29, 0.717) is 24.7 Å². The van der Waals surface area contributed by atoms with E-state index in [4.69, 9.17) is 14.6 Å². The van der Waals surface area contributed by atoms with Crippen LogP contribution in [0.5, 0.6) is 11.5 Å². The number of hydrogen-bond acceptors (Lipinski definition) is 6. The van der Waals surface area contributed by atoms with E-state index in [0.717, 1.165) is 11.8 Å². The molecule has 102 valence electrons. The Morgan fingerprint density at radius 3 is 2.53 bits per heavy atom. The van der Waals surface area contributed by atoms with Gasteiger partial charge in [-0.25, -0.2) is 0 Å². The van der Waals surface area contributed by atoms with Gasteiger partial charge in [0.1, 0.15) is 18.5 Å². The molecule has 0 aromatic heterocycles. The van der Waals surface area contributed by atoms with Gasteiger partial charge in [-0.05, 0) is 6.92 Å². The normalized spacial score (nSPS) is 14.8. The monoisotopic (exact) mass is 285 g/mol. The van der Waals surface area contributed by atoms with Gasteiger partial charge in [0.15, 0.2) is 11.5 Å². The SMILES string of the molecule is CC(Sc1cc2c(cc1[N+](=O)[O-])OCCO2)C(=O)O. The van der Waals surface area contributed by atoms with Gasteiger partial charge in [0.2, 0.25) is 0 Å². The molecular formula is C11H11NO6S. The second-order valence-corrected chi connectivity index (χ2v) is 5.20. The summed E-state index contributed by atoms with van der Waals surface area (Å²) in [7, 11) is 0. The zero-order chi connectivity index (χ0) is 14.0. The van der Waals surface area contributed by atoms with E-state index in [1.54, 1.807) is 0 Å². The molecule has 1 aliphatic rings. The van der Waals surface area contributed by atoms with Crippen LogP contribution >= 0.6 is 11.8 Å². The van der Waals surface area contributed by atoms with Crippen molar-refractivity contribution in [3.8, 4) is 11.5 Å². The first-order chi connectivity index (χ1) is 8.99. The van der Waals surface area contributed by atoms with Gasteiger partial charge in [0.05, 0.1) is 15.9 Å². The van der Waals surface area contributed by atoms with Crippen molar-refractivity contribution in [1.82, 2.24) is 0 Å². The molecule has 0 saturated heterocycles. The fourth-order valence-electron chi connectivity index (χ4n) is 1.54. The Morgan fingerprint density at radius 1 is 1.42 bits per heavy atom. The average molecular weight is 285 g/mol. The summed E-state index contributed by atoms with van der Waals surface area (Å²) in [6.45, 7) is 2.17. The smallest absolute Gasteiger partial charge is 0.316 e. The van der Waals surface area contributed by atoms with E-state index < -0.39 is 16.1 Å². The fourth-order valence-corrected chi connectivity index (χ4v) is 2.45. The molecule has 1 unspecified atom stereocenters. The largest absolute Gasteiger partial charge is 0.486 e. The van der Waals surface area contributed by atoms with Crippen LogP contribution in [0.4, 0.5) is 5.69 Å². The molecule has 0 saturated carbocycles. The molecule has 19 heavy (non-hydrogen) atoms. The summed E-state index contributed by atoms with van der Waals surface area (Å²) in [6, 6.07) is 2.72. The Balaban J connectivity index is 2.39. The average Bonchev–Trinajstić information content (AvgIpc) is 2.37. The van der Waals surface area contributed by atoms with Crippen LogP contribution in [-0.4, -0.2) is 34.5 Å². The molecule has 7 nitrogen and oxygen atoms in total. The van der Waals surface area contributed by atoms with Crippen molar-refractivity contribution < 1.29 is 24.3 Å². The van der Waals surface area contributed by atoms with E-state index in [-0.39, 0.29) is 10.6 Å². The van der Waals surface area contributed by atoms with Gasteiger partial charge in [-0.2, -0.15) is 0 Å². The Hall–Kier alpha value is -1.96. The lowest BCUT2D eigenvalue weighted by atomic mass is 10.2. The van der Waals surface area contributed by atoms with E-state index in [1.807, 2.05) is 0 Å². The molecule has 1 aromatic carbocycles. The molecule has 0 spiro atoms. The van der Waals surface area contributed by atoms with E-state index in [1.165, 1.54) is 19.1 Å². The summed E-state index contributed by atoms with van der Waals surface area (Å²) >= 11 is 0.903. The Morgan fingerprint density at radius 2 is 2.00 bits per heavy atom. The molecular weight excluding hydrogens is 274 g/mol. The van der Waals surface area contributed by atoms with Gasteiger partial charge in [-0.3, -0.25) is 14.9 Å². The minimum atomic E-state index is -1.03. The van der Waals surface area contributed by atoms with Crippen molar-refractivity contribution in [1.29, 1.82) is 0 Å². The number of carboxylic acids is 1. The summed E-state index contributed by atoms with van der Waals surface area (Å²) in [5.41, 5.74) is -0.178. The number of hydrogen-bond donors (Lipinski definition) is 1. The lowest BCUT2D eigenvalue weighted by Gasteiger charge is -2.19. The molecule has 1 atom stereocenters. The predicted molar refractivity (Wildman–Crippen MR) is 67.0 cm³/mol. The van der Waals surface area contributed by atoms with Gasteiger partial charge < -0.3 is 14.6 Å². The quantitative estimate of drug-likeness (QED) is 0.512. The van der Waals surface area contributed by atoms with Gasteiger partial charge in [-0.15, -0.1) is 11.8 Å². The molecule has 1 aromatic rings. The minimum absolute atomic E-state index is 0.178. The molecule has 2 rings (SSSR count). The highest BCUT2D eigenvalue weighted by Gasteiger charge is 2.25. The Kier molecular flexibility index (Phi) is 3.79. The highest BCUT2D eigenvalue weighted by Crippen LogP contribution is 2.42. The van der Waals surface area contributed by atoms with Crippen LogP contribution < -0.4 is 9.47 Å². The number of thioether (sulfide) groups is 1. The molecule has 0 amide bonds. The van der Waals surface area contributed by atoms with Crippen LogP contribution in [0.15, 0.2) is 17.0 Å². The number of benzene rings is 1. The minimum Gasteiger partial charge on any atom is -0.486 e. The highest BCUT2D eigenvalue weighted by molar-refractivity contribution is 8.00. The van der Waals surface area contributed by atoms with E-state index in [2.05, 4.69) is 0 Å². The number of aliphatic carboxylic acids is 1. The second kappa shape index (κ2) is 5.35. The predicted octanol–water partition coefficient (Wildman–Crippen LogP) is 1.93. The van der Waals surface area contributed by atoms with Crippen LogP contribution in [0.25, 0.3) is 0 Å². The Labute approximate surface area is 112 Å². The van der Waals surface area contributed by atoms with E-state index >= 15 is 0 Å². The van der Waals surface area contributed by atoms with Gasteiger partial charge in [0, 0.05) is 6.07 Å². The third-order valence-electron chi connectivity index (χ3n) is 2.47. The van der Waals surface area contributed by atoms with Crippen LogP contribution in [-0.2, 0) is 4.79 Å². The molecule has 1 N–H and O–H groups in total. The summed E-state index contributed by atoms with van der Waals surface area (Å²) in [6.07, 6.45) is 0. The van der Waals surface area contributed by atoms with Crippen LogP contribution in [0.3, 0.4) is 0 Å². The lowest BCUT2D eigenvalue weighted by molar-refractivity contribution is -0.387. The van der Waals surface area contributed by atoms with Crippen LogP contribution in [0.2, 0.25) is 0 Å². The molecule has 1 heterocycles. The van der Waals surface area contributed by atoms with Gasteiger partial charge in [-0.1, -0.05) is 0 Å². The maximum absolute atomic E-state index is 11.0. The summed E-state index contributed by atoms with van der Waals surface area (Å²) in [5, 5.41) is 19.1. The van der Waals surface area contributed by atoms with Crippen LogP contribution in [0.1, 0.15) is 6.92 Å². The summed E-state index contributed by atoms with van der Waals surface area (Å²) < 4.78 is 10.6. The highest BCUT2D eigenvalue weighted by atomic mass is 32.2. The first-order valence-corrected chi connectivity index (χ1v) is 6.34. The first kappa shape index (κ1) is 13.5. The van der Waals surface area contributed by atoms with Crippen molar-refractivity contribution in [2.45, 2.75) is 17.1 Å². The topological polar surface area (TPSA) is 98.9 Å². The van der Waals surface area contributed by atoms with Crippen molar-refractivity contribution in [2.75, 3.05) is 13.2 Å². The van der Waals surface area contributed by atoms with Crippen LogP contribution in [0, 0.1) is 10.1 Å². The number of carbonyl (C=O) groups is 1. The number of nitro benzene ring substituents is 1. The first-order valence-electron chi connectivity index (χ1n) is 5.46. The molecule has 0 radical (unpaired) electrons. The standard InChI is InChI=1S/C11H11NO6S/c1-6(11(13)14)19-10-5-9-8(17-2-3-18-9)4-7(10)12(15)16/h4-6H,2-3H2,1H3,(H,13,14). The number of rotatable bonds is 4. The van der Waals surface area contributed by atoms with Gasteiger partial charge >= 0.3 is 5.97 Å². The number of nitrogens with zero attached hydrogens (tertiary/aromatic N) is 1. The summed E-state index contributed by atoms with van der Waals surface area (Å²) in [4.78, 5) is 21.5. The molecule has 8 heteroatoms. The fraction of sp³-hybridized carbons (Fsp3) is 0.364. The third kappa shape index (κ3) is 2.90. The number of ether oxygens (including phenoxy) is 2. The molecule has 0 fully saturated rings. The van der Waals surface area contributed by atoms with E-state index in [9.17, 15) is 14.9 Å². The molecule has 0 bridgehead atoms. The third-order valence-corrected chi connectivity index (χ3v) is 3.61. The maximum Gasteiger partial charge on any atom is 0.316 e. The zero-order valence-corrected chi connectivity index (χ0v) is 10.8. The number of fused-ring (bicyclic) bond motifs is 1. The molecule has 0 aliphatic carbocycles. The lowest BCUT2D eigenvalue weighted by Crippen LogP contribution is -2.16. The number of carboxylic acid groups (broad SMARTS) is 1. The van der Waals surface area contributed by atoms with Crippen molar-refractivity contribution in [3.63, 3.8) is 0 Å². The second-order valence-electron chi connectivity index (χ2n) is 3.82. The summed E-state index contributed by atoms with van der Waals surface area (Å²) in [5.74, 6) is -0.323. The van der Waals surface area contributed by atoms with Crippen molar-refractivity contribution in [2.24, 2.45) is 0 Å². The van der Waals surface area contributed by atoms with Crippen molar-refractivity contribution >= 4 is 23.4 Å². The zero-order valence-electron chi connectivity index (χ0n) is 9.99.